The molecular formula is C33H40N2O3. The topological polar surface area (TPSA) is 49.9 Å². The van der Waals surface area contributed by atoms with Crippen LogP contribution in [0.5, 0.6) is 5.75 Å². The van der Waals surface area contributed by atoms with E-state index < -0.39 is 0 Å². The third-order valence-electron chi connectivity index (χ3n) is 8.63. The second-order valence-corrected chi connectivity index (χ2v) is 11.8. The van der Waals surface area contributed by atoms with Crippen molar-refractivity contribution in [3.05, 3.63) is 77.9 Å². The summed E-state index contributed by atoms with van der Waals surface area (Å²) in [6, 6.07) is 22.6. The van der Waals surface area contributed by atoms with Gasteiger partial charge in [-0.25, -0.2) is 0 Å². The number of ether oxygens (including phenoxy) is 1. The van der Waals surface area contributed by atoms with E-state index in [1.165, 1.54) is 12.5 Å². The van der Waals surface area contributed by atoms with Gasteiger partial charge < -0.3 is 14.5 Å². The molecule has 0 spiro atoms. The molecule has 1 amide bonds. The molecule has 2 aliphatic rings. The van der Waals surface area contributed by atoms with Crippen molar-refractivity contribution in [1.82, 2.24) is 9.80 Å². The fourth-order valence-electron chi connectivity index (χ4n) is 6.87. The number of esters is 1. The summed E-state index contributed by atoms with van der Waals surface area (Å²) in [6.45, 7) is 8.64. The van der Waals surface area contributed by atoms with E-state index in [-0.39, 0.29) is 23.3 Å². The summed E-state index contributed by atoms with van der Waals surface area (Å²) >= 11 is 0. The van der Waals surface area contributed by atoms with Crippen LogP contribution in [0.4, 0.5) is 0 Å². The van der Waals surface area contributed by atoms with Crippen LogP contribution < -0.4 is 4.74 Å². The van der Waals surface area contributed by atoms with E-state index in [1.54, 1.807) is 0 Å². The van der Waals surface area contributed by atoms with Gasteiger partial charge in [-0.05, 0) is 91.7 Å². The molecule has 3 aromatic carbocycles. The molecule has 1 saturated carbocycles. The van der Waals surface area contributed by atoms with Gasteiger partial charge in [-0.1, -0.05) is 56.3 Å². The van der Waals surface area contributed by atoms with Gasteiger partial charge in [0.2, 0.25) is 0 Å². The van der Waals surface area contributed by atoms with Crippen LogP contribution in [0.1, 0.15) is 62.4 Å². The van der Waals surface area contributed by atoms with Gasteiger partial charge >= 0.3 is 5.97 Å². The first-order chi connectivity index (χ1) is 18.2. The van der Waals surface area contributed by atoms with Gasteiger partial charge in [-0.15, -0.1) is 0 Å². The summed E-state index contributed by atoms with van der Waals surface area (Å²) in [7, 11) is 2.21. The summed E-state index contributed by atoms with van der Waals surface area (Å²) in [5.41, 5.74) is 1.95. The Bertz CT molecular complexity index is 1320. The van der Waals surface area contributed by atoms with Gasteiger partial charge in [-0.2, -0.15) is 0 Å². The number of carbonyl (C=O) groups excluding carboxylic acids is 2. The Kier molecular flexibility index (Phi) is 7.58. The van der Waals surface area contributed by atoms with E-state index in [1.807, 2.05) is 36.4 Å². The summed E-state index contributed by atoms with van der Waals surface area (Å²) < 4.78 is 5.49. The summed E-state index contributed by atoms with van der Waals surface area (Å²) in [5.74, 6) is 1.31. The normalized spacial score (nSPS) is 23.7. The first kappa shape index (κ1) is 26.4. The molecule has 0 unspecified atom stereocenters. The highest BCUT2D eigenvalue weighted by Crippen LogP contribution is 2.50. The highest BCUT2D eigenvalue weighted by molar-refractivity contribution is 5.98. The number of likely N-dealkylation sites (tertiary alicyclic amines) is 1. The van der Waals surface area contributed by atoms with Gasteiger partial charge in [0.05, 0.1) is 0 Å². The Morgan fingerprint density at radius 1 is 1.03 bits per heavy atom. The van der Waals surface area contributed by atoms with Crippen LogP contribution in [0.15, 0.2) is 66.7 Å². The van der Waals surface area contributed by atoms with Crippen molar-refractivity contribution in [2.75, 3.05) is 26.7 Å². The van der Waals surface area contributed by atoms with Gasteiger partial charge in [0.25, 0.3) is 5.91 Å². The Morgan fingerprint density at radius 2 is 1.82 bits per heavy atom. The first-order valence-corrected chi connectivity index (χ1v) is 14.0. The maximum absolute atomic E-state index is 14.1. The number of benzene rings is 3. The van der Waals surface area contributed by atoms with Crippen LogP contribution in [0.2, 0.25) is 0 Å². The number of carbonyl (C=O) groups is 2. The fraction of sp³-hybridized carbons (Fsp3) is 0.455. The zero-order valence-electron chi connectivity index (χ0n) is 23.2. The van der Waals surface area contributed by atoms with Gasteiger partial charge in [-0.3, -0.25) is 9.59 Å². The first-order valence-electron chi connectivity index (χ1n) is 14.0. The van der Waals surface area contributed by atoms with E-state index in [0.717, 1.165) is 61.7 Å². The van der Waals surface area contributed by atoms with E-state index >= 15 is 0 Å². The summed E-state index contributed by atoms with van der Waals surface area (Å²) in [5, 5.41) is 2.25. The third kappa shape index (κ3) is 5.35. The number of fused-ring (bicyclic) bond motifs is 2. The predicted molar refractivity (Wildman–Crippen MR) is 152 cm³/mol. The van der Waals surface area contributed by atoms with E-state index in [9.17, 15) is 9.59 Å². The molecule has 3 atom stereocenters. The molecule has 5 nitrogen and oxygen atoms in total. The lowest BCUT2D eigenvalue weighted by Gasteiger charge is -2.54. The summed E-state index contributed by atoms with van der Waals surface area (Å²) in [6.07, 6.45) is 4.05. The van der Waals surface area contributed by atoms with Gasteiger partial charge in [0.15, 0.2) is 0 Å². The van der Waals surface area contributed by atoms with E-state index in [2.05, 4.69) is 61.0 Å². The molecule has 5 rings (SSSR count). The molecule has 0 radical (unpaired) electrons. The predicted octanol–water partition coefficient (Wildman–Crippen LogP) is 6.31. The largest absolute Gasteiger partial charge is 0.427 e. The highest BCUT2D eigenvalue weighted by Gasteiger charge is 2.49. The molecule has 3 aromatic rings. The molecule has 1 aliphatic heterocycles. The van der Waals surface area contributed by atoms with Gasteiger partial charge in [0, 0.05) is 37.0 Å². The Labute approximate surface area is 226 Å². The Balaban J connectivity index is 1.50. The molecule has 200 valence electrons. The molecular weight excluding hydrogens is 472 g/mol. The van der Waals surface area contributed by atoms with Crippen molar-refractivity contribution in [3.63, 3.8) is 0 Å². The SMILES string of the molecule is CC(=O)Oc1cccc([C@@]23CCN(C)C[C@H]2CC[C@H](N(CC(C)C)C(=O)c2ccc4ccccc4c2)C3)c1. The quantitative estimate of drug-likeness (QED) is 0.287. The monoisotopic (exact) mass is 512 g/mol. The van der Waals surface area contributed by atoms with E-state index in [0.29, 0.717) is 17.6 Å². The van der Waals surface area contributed by atoms with Crippen molar-refractivity contribution >= 4 is 22.6 Å². The molecule has 0 N–H and O–H groups in total. The number of amides is 1. The molecule has 38 heavy (non-hydrogen) atoms. The molecule has 0 bridgehead atoms. The lowest BCUT2D eigenvalue weighted by atomic mass is 9.57. The van der Waals surface area contributed by atoms with Crippen LogP contribution in [-0.2, 0) is 10.2 Å². The zero-order chi connectivity index (χ0) is 26.9. The highest BCUT2D eigenvalue weighted by atomic mass is 16.5. The molecule has 1 aliphatic carbocycles. The lowest BCUT2D eigenvalue weighted by molar-refractivity contribution is -0.131. The van der Waals surface area contributed by atoms with Crippen LogP contribution in [-0.4, -0.2) is 54.4 Å². The van der Waals surface area contributed by atoms with Crippen LogP contribution in [0.3, 0.4) is 0 Å². The standard InChI is InChI=1S/C33H40N2O3/c1-23(2)21-35(32(37)27-13-12-25-8-5-6-9-26(25)18-27)30-15-14-29-22-34(4)17-16-33(29,20-30)28-10-7-11-31(19-28)38-24(3)36/h5-13,18-19,23,29-30H,14-17,20-22H2,1-4H3/t29-,30+,33+/m1/s1. The van der Waals surface area contributed by atoms with Crippen LogP contribution >= 0.6 is 0 Å². The molecule has 2 fully saturated rings. The van der Waals surface area contributed by atoms with Crippen molar-refractivity contribution in [2.45, 2.75) is 57.9 Å². The number of nitrogens with zero attached hydrogens (tertiary/aromatic N) is 2. The number of rotatable bonds is 6. The lowest BCUT2D eigenvalue weighted by Crippen LogP contribution is -2.56. The van der Waals surface area contributed by atoms with Crippen molar-refractivity contribution in [1.29, 1.82) is 0 Å². The second-order valence-electron chi connectivity index (χ2n) is 11.8. The average molecular weight is 513 g/mol. The molecule has 5 heteroatoms. The molecule has 1 saturated heterocycles. The average Bonchev–Trinajstić information content (AvgIpc) is 2.90. The smallest absolute Gasteiger partial charge is 0.308 e. The minimum atomic E-state index is -0.301. The number of hydrogen-bond acceptors (Lipinski definition) is 4. The van der Waals surface area contributed by atoms with Crippen molar-refractivity contribution < 1.29 is 14.3 Å². The Morgan fingerprint density at radius 3 is 2.58 bits per heavy atom. The molecule has 1 heterocycles. The fourth-order valence-corrected chi connectivity index (χ4v) is 6.87. The second kappa shape index (κ2) is 10.9. The van der Waals surface area contributed by atoms with Crippen molar-refractivity contribution in [2.24, 2.45) is 11.8 Å². The Hall–Kier alpha value is -3.18. The van der Waals surface area contributed by atoms with Crippen LogP contribution in [0, 0.1) is 11.8 Å². The minimum absolute atomic E-state index is 0.0511. The maximum Gasteiger partial charge on any atom is 0.308 e. The van der Waals surface area contributed by atoms with Crippen molar-refractivity contribution in [3.8, 4) is 5.75 Å². The van der Waals surface area contributed by atoms with Crippen LogP contribution in [0.25, 0.3) is 10.8 Å². The van der Waals surface area contributed by atoms with Gasteiger partial charge in [0.1, 0.15) is 5.75 Å². The maximum atomic E-state index is 14.1. The minimum Gasteiger partial charge on any atom is -0.427 e. The molecule has 0 aromatic heterocycles. The summed E-state index contributed by atoms with van der Waals surface area (Å²) in [4.78, 5) is 30.4. The third-order valence-corrected chi connectivity index (χ3v) is 8.63. The number of hydrogen-bond donors (Lipinski definition) is 0. The van der Waals surface area contributed by atoms with E-state index in [4.69, 9.17) is 4.74 Å². The number of piperidine rings is 1. The zero-order valence-corrected chi connectivity index (χ0v) is 23.2.